The summed E-state index contributed by atoms with van der Waals surface area (Å²) in [6.07, 6.45) is 0. The molecule has 1 aromatic carbocycles. The van der Waals surface area contributed by atoms with E-state index in [1.807, 2.05) is 26.0 Å². The van der Waals surface area contributed by atoms with E-state index in [9.17, 15) is 5.11 Å². The van der Waals surface area contributed by atoms with Crippen LogP contribution in [0.4, 0.5) is 0 Å². The van der Waals surface area contributed by atoms with E-state index < -0.39 is 5.60 Å². The summed E-state index contributed by atoms with van der Waals surface area (Å²) in [5.41, 5.74) is 2.23. The Morgan fingerprint density at radius 3 is 2.14 bits per heavy atom. The number of hydrogen-bond donors (Lipinski definition) is 1. The summed E-state index contributed by atoms with van der Waals surface area (Å²) in [4.78, 5) is 0. The number of aliphatic hydroxyl groups is 1. The molecule has 1 aliphatic heterocycles. The molecule has 2 rings (SSSR count). The van der Waals surface area contributed by atoms with E-state index in [0.717, 1.165) is 16.7 Å². The molecule has 1 saturated heterocycles. The molecule has 1 aliphatic rings. The van der Waals surface area contributed by atoms with Gasteiger partial charge in [0.15, 0.2) is 0 Å². The number of benzene rings is 1. The molecule has 3 heteroatoms. The van der Waals surface area contributed by atoms with Gasteiger partial charge in [-0.25, -0.2) is 0 Å². The van der Waals surface area contributed by atoms with Crippen molar-refractivity contribution in [2.24, 2.45) is 0 Å². The minimum atomic E-state index is -0.793. The van der Waals surface area contributed by atoms with Gasteiger partial charge < -0.3 is 9.84 Å². The van der Waals surface area contributed by atoms with Crippen LogP contribution in [0, 0.1) is 13.8 Å². The monoisotopic (exact) mass is 212 g/mol. The van der Waals surface area contributed by atoms with Gasteiger partial charge in [0.2, 0.25) is 0 Å². The lowest BCUT2D eigenvalue weighted by molar-refractivity contribution is -0.185. The van der Waals surface area contributed by atoms with Crippen molar-refractivity contribution in [3.63, 3.8) is 0 Å². The Kier molecular flexibility index (Phi) is 2.30. The molecule has 1 fully saturated rings. The molecule has 0 saturated carbocycles. The summed E-state index contributed by atoms with van der Waals surface area (Å²) >= 11 is 5.92. The number of hydrogen-bond acceptors (Lipinski definition) is 2. The molecule has 76 valence electrons. The Morgan fingerprint density at radius 2 is 1.79 bits per heavy atom. The molecule has 2 nitrogen and oxygen atoms in total. The van der Waals surface area contributed by atoms with Crippen LogP contribution in [0.15, 0.2) is 12.1 Å². The van der Waals surface area contributed by atoms with Gasteiger partial charge in [-0.15, -0.1) is 0 Å². The Labute approximate surface area is 88.5 Å². The minimum Gasteiger partial charge on any atom is -0.380 e. The summed E-state index contributed by atoms with van der Waals surface area (Å²) in [6.45, 7) is 4.70. The maximum atomic E-state index is 10.2. The zero-order chi connectivity index (χ0) is 10.3. The standard InChI is InChI=1S/C11H13ClO2/c1-7-3-9(12)4-8(2)10(7)11(13)5-14-6-11/h3-4,13H,5-6H2,1-2H3. The van der Waals surface area contributed by atoms with Crippen LogP contribution < -0.4 is 0 Å². The van der Waals surface area contributed by atoms with Crippen LogP contribution in [0.25, 0.3) is 0 Å². The van der Waals surface area contributed by atoms with Gasteiger partial charge in [-0.3, -0.25) is 0 Å². The van der Waals surface area contributed by atoms with Crippen LogP contribution in [0.1, 0.15) is 16.7 Å². The fourth-order valence-electron chi connectivity index (χ4n) is 2.08. The summed E-state index contributed by atoms with van der Waals surface area (Å²) < 4.78 is 5.05. The first-order chi connectivity index (χ1) is 6.53. The molecular weight excluding hydrogens is 200 g/mol. The highest BCUT2D eigenvalue weighted by atomic mass is 35.5. The van der Waals surface area contributed by atoms with Gasteiger partial charge >= 0.3 is 0 Å². The molecule has 1 heterocycles. The fraction of sp³-hybridized carbons (Fsp3) is 0.455. The number of ether oxygens (including phenoxy) is 1. The molecule has 1 aromatic rings. The van der Waals surface area contributed by atoms with Gasteiger partial charge in [0.25, 0.3) is 0 Å². The SMILES string of the molecule is Cc1cc(Cl)cc(C)c1C1(O)COC1. The summed E-state index contributed by atoms with van der Waals surface area (Å²) in [7, 11) is 0. The first-order valence-corrected chi connectivity index (χ1v) is 4.98. The van der Waals surface area contributed by atoms with Crippen LogP contribution in [-0.2, 0) is 10.3 Å². The van der Waals surface area contributed by atoms with Crippen molar-refractivity contribution in [3.05, 3.63) is 33.8 Å². The highest BCUT2D eigenvalue weighted by Gasteiger charge is 2.40. The van der Waals surface area contributed by atoms with Crippen LogP contribution in [0.5, 0.6) is 0 Å². The fourth-order valence-corrected chi connectivity index (χ4v) is 2.41. The van der Waals surface area contributed by atoms with Crippen molar-refractivity contribution in [2.45, 2.75) is 19.4 Å². The molecule has 14 heavy (non-hydrogen) atoms. The Morgan fingerprint density at radius 1 is 1.29 bits per heavy atom. The second-order valence-electron chi connectivity index (χ2n) is 3.94. The van der Waals surface area contributed by atoms with Gasteiger partial charge in [-0.05, 0) is 42.7 Å². The van der Waals surface area contributed by atoms with E-state index in [-0.39, 0.29) is 0 Å². The predicted molar refractivity (Wildman–Crippen MR) is 55.6 cm³/mol. The average Bonchev–Trinajstić information content (AvgIpc) is 1.99. The molecule has 0 radical (unpaired) electrons. The van der Waals surface area contributed by atoms with Crippen molar-refractivity contribution in [1.29, 1.82) is 0 Å². The Balaban J connectivity index is 2.52. The zero-order valence-corrected chi connectivity index (χ0v) is 9.06. The van der Waals surface area contributed by atoms with E-state index in [4.69, 9.17) is 16.3 Å². The minimum absolute atomic E-state index is 0.385. The molecular formula is C11H13ClO2. The van der Waals surface area contributed by atoms with Crippen molar-refractivity contribution >= 4 is 11.6 Å². The van der Waals surface area contributed by atoms with Crippen LogP contribution in [-0.4, -0.2) is 18.3 Å². The normalized spacial score (nSPS) is 19.1. The number of rotatable bonds is 1. The van der Waals surface area contributed by atoms with Gasteiger partial charge in [0.05, 0.1) is 13.2 Å². The molecule has 1 N–H and O–H groups in total. The third-order valence-corrected chi connectivity index (χ3v) is 2.86. The van der Waals surface area contributed by atoms with Crippen LogP contribution >= 0.6 is 11.6 Å². The lowest BCUT2D eigenvalue weighted by Gasteiger charge is -2.38. The Hall–Kier alpha value is -0.570. The smallest absolute Gasteiger partial charge is 0.137 e. The second-order valence-corrected chi connectivity index (χ2v) is 4.38. The van der Waals surface area contributed by atoms with E-state index in [1.54, 1.807) is 0 Å². The second kappa shape index (κ2) is 3.23. The van der Waals surface area contributed by atoms with Crippen molar-refractivity contribution < 1.29 is 9.84 Å². The topological polar surface area (TPSA) is 29.5 Å². The molecule has 0 aliphatic carbocycles. The molecule has 0 atom stereocenters. The van der Waals surface area contributed by atoms with Crippen molar-refractivity contribution in [1.82, 2.24) is 0 Å². The van der Waals surface area contributed by atoms with Gasteiger partial charge in [0, 0.05) is 5.02 Å². The summed E-state index contributed by atoms with van der Waals surface area (Å²) in [6, 6.07) is 3.75. The van der Waals surface area contributed by atoms with E-state index in [0.29, 0.717) is 18.2 Å². The molecule has 0 spiro atoms. The van der Waals surface area contributed by atoms with Crippen molar-refractivity contribution in [3.8, 4) is 0 Å². The van der Waals surface area contributed by atoms with Gasteiger partial charge in [0.1, 0.15) is 5.60 Å². The van der Waals surface area contributed by atoms with Crippen LogP contribution in [0.3, 0.4) is 0 Å². The molecule has 0 amide bonds. The summed E-state index contributed by atoms with van der Waals surface area (Å²) in [5, 5.41) is 10.9. The number of halogens is 1. The lowest BCUT2D eigenvalue weighted by Crippen LogP contribution is -2.47. The largest absolute Gasteiger partial charge is 0.380 e. The number of aryl methyl sites for hydroxylation is 2. The third-order valence-electron chi connectivity index (χ3n) is 2.64. The zero-order valence-electron chi connectivity index (χ0n) is 8.30. The maximum absolute atomic E-state index is 10.2. The predicted octanol–water partition coefficient (Wildman–Crippen LogP) is 2.17. The highest BCUT2D eigenvalue weighted by Crippen LogP contribution is 2.35. The first kappa shape index (κ1) is 9.97. The lowest BCUT2D eigenvalue weighted by atomic mass is 9.85. The first-order valence-electron chi connectivity index (χ1n) is 4.60. The quantitative estimate of drug-likeness (QED) is 0.773. The van der Waals surface area contributed by atoms with Gasteiger partial charge in [-0.1, -0.05) is 11.6 Å². The highest BCUT2D eigenvalue weighted by molar-refractivity contribution is 6.30. The third kappa shape index (κ3) is 1.44. The van der Waals surface area contributed by atoms with Crippen molar-refractivity contribution in [2.75, 3.05) is 13.2 Å². The van der Waals surface area contributed by atoms with Crippen LogP contribution in [0.2, 0.25) is 5.02 Å². The van der Waals surface area contributed by atoms with E-state index >= 15 is 0 Å². The van der Waals surface area contributed by atoms with Gasteiger partial charge in [-0.2, -0.15) is 0 Å². The molecule has 0 unspecified atom stereocenters. The van der Waals surface area contributed by atoms with E-state index in [2.05, 4.69) is 0 Å². The van der Waals surface area contributed by atoms with E-state index in [1.165, 1.54) is 0 Å². The molecule has 0 bridgehead atoms. The Bertz CT molecular complexity index is 347. The maximum Gasteiger partial charge on any atom is 0.137 e. The summed E-state index contributed by atoms with van der Waals surface area (Å²) in [5.74, 6) is 0. The molecule has 0 aromatic heterocycles. The average molecular weight is 213 g/mol.